The third kappa shape index (κ3) is 2.71. The summed E-state index contributed by atoms with van der Waals surface area (Å²) in [6.07, 6.45) is 0. The quantitative estimate of drug-likeness (QED) is 0.656. The summed E-state index contributed by atoms with van der Waals surface area (Å²) in [5.41, 5.74) is 1.62. The molecule has 0 aliphatic rings. The summed E-state index contributed by atoms with van der Waals surface area (Å²) < 4.78 is 5.02. The highest BCUT2D eigenvalue weighted by Gasteiger charge is 2.06. The molecule has 5 heteroatoms. The third-order valence-corrected chi connectivity index (χ3v) is 2.45. The summed E-state index contributed by atoms with van der Waals surface area (Å²) in [6.45, 7) is 0. The van der Waals surface area contributed by atoms with Crippen LogP contribution in [0.2, 0.25) is 0 Å². The molecule has 3 aromatic rings. The van der Waals surface area contributed by atoms with Gasteiger partial charge in [-0.3, -0.25) is 0 Å². The largest absolute Gasteiger partial charge is 0.366 e. The zero-order valence-corrected chi connectivity index (χ0v) is 9.97. The van der Waals surface area contributed by atoms with Crippen LogP contribution in [0, 0.1) is 0 Å². The van der Waals surface area contributed by atoms with Gasteiger partial charge in [0.25, 0.3) is 0 Å². The van der Waals surface area contributed by atoms with Gasteiger partial charge in [0.1, 0.15) is 0 Å². The van der Waals surface area contributed by atoms with Gasteiger partial charge in [0.15, 0.2) is 0 Å². The molecule has 0 saturated carbocycles. The molecule has 19 heavy (non-hydrogen) atoms. The lowest BCUT2D eigenvalue weighted by atomic mass is 10.2. The van der Waals surface area contributed by atoms with E-state index < -0.39 is 0 Å². The number of hydrogen-bond acceptors (Lipinski definition) is 5. The van der Waals surface area contributed by atoms with Gasteiger partial charge in [-0.25, -0.2) is 0 Å². The monoisotopic (exact) mass is 250 g/mol. The van der Waals surface area contributed by atoms with Crippen molar-refractivity contribution < 1.29 is 4.52 Å². The molecule has 1 aromatic heterocycles. The van der Waals surface area contributed by atoms with Crippen molar-refractivity contribution >= 4 is 11.7 Å². The minimum atomic E-state index is 0.141. The average Bonchev–Trinajstić information content (AvgIpc) is 2.96. The van der Waals surface area contributed by atoms with Crippen LogP contribution in [-0.2, 0) is 0 Å². The van der Waals surface area contributed by atoms with E-state index >= 15 is 0 Å². The molecular formula is C14H10N4O. The van der Waals surface area contributed by atoms with Crippen molar-refractivity contribution in [3.8, 4) is 11.4 Å². The molecule has 92 valence electrons. The van der Waals surface area contributed by atoms with Crippen LogP contribution in [0.5, 0.6) is 0 Å². The van der Waals surface area contributed by atoms with Crippen molar-refractivity contribution in [2.24, 2.45) is 10.2 Å². The molecule has 0 radical (unpaired) electrons. The molecule has 1 heterocycles. The fraction of sp³-hybridized carbons (Fsp3) is 0. The van der Waals surface area contributed by atoms with Crippen LogP contribution in [-0.4, -0.2) is 10.1 Å². The van der Waals surface area contributed by atoms with E-state index in [1.807, 2.05) is 60.7 Å². The van der Waals surface area contributed by atoms with Gasteiger partial charge in [0.2, 0.25) is 5.82 Å². The van der Waals surface area contributed by atoms with Gasteiger partial charge in [0.05, 0.1) is 5.69 Å². The van der Waals surface area contributed by atoms with E-state index in [4.69, 9.17) is 4.52 Å². The van der Waals surface area contributed by atoms with E-state index in [1.54, 1.807) is 0 Å². The number of nitrogens with zero attached hydrogens (tertiary/aromatic N) is 4. The van der Waals surface area contributed by atoms with Crippen LogP contribution in [0.15, 0.2) is 75.4 Å². The second-order valence-corrected chi connectivity index (χ2v) is 3.80. The van der Waals surface area contributed by atoms with Gasteiger partial charge in [-0.05, 0) is 12.1 Å². The van der Waals surface area contributed by atoms with Crippen molar-refractivity contribution in [2.45, 2.75) is 0 Å². The van der Waals surface area contributed by atoms with Crippen LogP contribution in [0.3, 0.4) is 0 Å². The van der Waals surface area contributed by atoms with E-state index in [1.165, 1.54) is 0 Å². The molecule has 0 atom stereocenters. The molecule has 0 aliphatic carbocycles. The first kappa shape index (κ1) is 11.3. The summed E-state index contributed by atoms with van der Waals surface area (Å²) in [7, 11) is 0. The molecular weight excluding hydrogens is 240 g/mol. The Bertz CT molecular complexity index is 677. The molecule has 3 rings (SSSR count). The summed E-state index contributed by atoms with van der Waals surface area (Å²) >= 11 is 0. The van der Waals surface area contributed by atoms with Gasteiger partial charge < -0.3 is 4.52 Å². The Morgan fingerprint density at radius 3 is 2.21 bits per heavy atom. The van der Waals surface area contributed by atoms with Crippen molar-refractivity contribution in [3.63, 3.8) is 0 Å². The van der Waals surface area contributed by atoms with Gasteiger partial charge in [0, 0.05) is 5.56 Å². The Morgan fingerprint density at radius 2 is 1.47 bits per heavy atom. The highest BCUT2D eigenvalue weighted by Crippen LogP contribution is 2.20. The van der Waals surface area contributed by atoms with Crippen LogP contribution in [0.4, 0.5) is 11.7 Å². The zero-order chi connectivity index (χ0) is 12.9. The first-order valence-corrected chi connectivity index (χ1v) is 5.78. The number of rotatable bonds is 3. The first-order chi connectivity index (χ1) is 9.42. The average molecular weight is 250 g/mol. The van der Waals surface area contributed by atoms with Crippen molar-refractivity contribution in [3.05, 3.63) is 60.7 Å². The summed E-state index contributed by atoms with van der Waals surface area (Å²) in [5.74, 6) is 0.502. The third-order valence-electron chi connectivity index (χ3n) is 2.45. The smallest absolute Gasteiger partial charge is 0.311 e. The Balaban J connectivity index is 1.81. The number of azo groups is 1. The normalized spacial score (nSPS) is 10.9. The minimum Gasteiger partial charge on any atom is -0.311 e. The Labute approximate surface area is 109 Å². The number of aromatic nitrogens is 2. The maximum atomic E-state index is 5.02. The maximum Gasteiger partial charge on any atom is 0.366 e. The molecule has 0 N–H and O–H groups in total. The standard InChI is InChI=1S/C14H10N4O/c1-3-7-11(8-4-1)13-15-14(19-18-13)17-16-12-9-5-2-6-10-12/h1-10H. The second-order valence-electron chi connectivity index (χ2n) is 3.80. The minimum absolute atomic E-state index is 0.141. The SMILES string of the molecule is c1ccc(N=Nc2nc(-c3ccccc3)no2)cc1. The lowest BCUT2D eigenvalue weighted by Crippen LogP contribution is -1.77. The zero-order valence-electron chi connectivity index (χ0n) is 9.97. The lowest BCUT2D eigenvalue weighted by molar-refractivity contribution is 0.427. The molecule has 0 unspecified atom stereocenters. The summed E-state index contributed by atoms with van der Waals surface area (Å²) in [4.78, 5) is 4.16. The topological polar surface area (TPSA) is 63.6 Å². The molecule has 0 fully saturated rings. The highest BCUT2D eigenvalue weighted by atomic mass is 16.5. The van der Waals surface area contributed by atoms with Crippen molar-refractivity contribution in [1.82, 2.24) is 10.1 Å². The van der Waals surface area contributed by atoms with E-state index in [0.717, 1.165) is 11.3 Å². The number of hydrogen-bond donors (Lipinski definition) is 0. The lowest BCUT2D eigenvalue weighted by Gasteiger charge is -1.89. The predicted molar refractivity (Wildman–Crippen MR) is 70.4 cm³/mol. The summed E-state index contributed by atoms with van der Waals surface area (Å²) in [5, 5.41) is 11.8. The van der Waals surface area contributed by atoms with Crippen LogP contribution in [0.1, 0.15) is 0 Å². The molecule has 0 amide bonds. The maximum absolute atomic E-state index is 5.02. The van der Waals surface area contributed by atoms with E-state index in [-0.39, 0.29) is 6.01 Å². The fourth-order valence-electron chi connectivity index (χ4n) is 1.56. The molecule has 2 aromatic carbocycles. The highest BCUT2D eigenvalue weighted by molar-refractivity contribution is 5.54. The Kier molecular flexibility index (Phi) is 3.10. The molecule has 0 spiro atoms. The second kappa shape index (κ2) is 5.22. The fourth-order valence-corrected chi connectivity index (χ4v) is 1.56. The van der Waals surface area contributed by atoms with Gasteiger partial charge >= 0.3 is 6.01 Å². The molecule has 0 bridgehead atoms. The van der Waals surface area contributed by atoms with E-state index in [2.05, 4.69) is 20.4 Å². The van der Waals surface area contributed by atoms with E-state index in [0.29, 0.717) is 5.82 Å². The van der Waals surface area contributed by atoms with Gasteiger partial charge in [-0.1, -0.05) is 58.8 Å². The Morgan fingerprint density at radius 1 is 0.789 bits per heavy atom. The van der Waals surface area contributed by atoms with Gasteiger partial charge in [-0.15, -0.1) is 5.11 Å². The van der Waals surface area contributed by atoms with Crippen LogP contribution in [0.25, 0.3) is 11.4 Å². The van der Waals surface area contributed by atoms with Crippen molar-refractivity contribution in [2.75, 3.05) is 0 Å². The van der Waals surface area contributed by atoms with Crippen LogP contribution >= 0.6 is 0 Å². The molecule has 5 nitrogen and oxygen atoms in total. The summed E-state index contributed by atoms with van der Waals surface area (Å²) in [6, 6.07) is 19.1. The van der Waals surface area contributed by atoms with Crippen molar-refractivity contribution in [1.29, 1.82) is 0 Å². The van der Waals surface area contributed by atoms with Gasteiger partial charge in [-0.2, -0.15) is 4.98 Å². The Hall–Kier alpha value is -2.82. The van der Waals surface area contributed by atoms with Crippen LogP contribution < -0.4 is 0 Å². The first-order valence-electron chi connectivity index (χ1n) is 5.78. The molecule has 0 saturated heterocycles. The van der Waals surface area contributed by atoms with E-state index in [9.17, 15) is 0 Å². The molecule has 0 aliphatic heterocycles. The predicted octanol–water partition coefficient (Wildman–Crippen LogP) is 4.15. The number of benzene rings is 2.